The molecule has 0 saturated carbocycles. The molecule has 1 heterocycles. The van der Waals surface area contributed by atoms with E-state index < -0.39 is 0 Å². The highest BCUT2D eigenvalue weighted by Crippen LogP contribution is 2.09. The first-order chi connectivity index (χ1) is 5.34. The Hall–Kier alpha value is -0.980. The minimum absolute atomic E-state index is 0.956. The molecule has 0 radical (unpaired) electrons. The van der Waals surface area contributed by atoms with E-state index in [1.54, 1.807) is 6.26 Å². The van der Waals surface area contributed by atoms with Gasteiger partial charge in [-0.05, 0) is 31.6 Å². The standard InChI is InChI=1S/C8H10O.C2H6/c1-3-4-8-7(2)5-6-9-8;1-2/h3-6H,1-2H3;1-2H3/b4-3-;. The molecule has 0 N–H and O–H groups in total. The quantitative estimate of drug-likeness (QED) is 0.598. The third-order valence-corrected chi connectivity index (χ3v) is 1.22. The zero-order valence-electron chi connectivity index (χ0n) is 7.72. The Morgan fingerprint density at radius 2 is 2.00 bits per heavy atom. The van der Waals surface area contributed by atoms with Gasteiger partial charge in [0.25, 0.3) is 0 Å². The van der Waals surface area contributed by atoms with Gasteiger partial charge >= 0.3 is 0 Å². The average molecular weight is 152 g/mol. The Morgan fingerprint density at radius 1 is 1.36 bits per heavy atom. The first kappa shape index (κ1) is 10.0. The Kier molecular flexibility index (Phi) is 5.26. The van der Waals surface area contributed by atoms with Gasteiger partial charge in [-0.25, -0.2) is 0 Å². The topological polar surface area (TPSA) is 13.1 Å². The second-order valence-corrected chi connectivity index (χ2v) is 1.97. The second kappa shape index (κ2) is 5.78. The van der Waals surface area contributed by atoms with Crippen molar-refractivity contribution in [1.82, 2.24) is 0 Å². The molecule has 0 aliphatic carbocycles. The molecule has 11 heavy (non-hydrogen) atoms. The molecule has 62 valence electrons. The summed E-state index contributed by atoms with van der Waals surface area (Å²) in [6.45, 7) is 8.00. The lowest BCUT2D eigenvalue weighted by molar-refractivity contribution is 0.555. The number of aryl methyl sites for hydroxylation is 1. The molecule has 0 fully saturated rings. The molecule has 0 saturated heterocycles. The second-order valence-electron chi connectivity index (χ2n) is 1.97. The Balaban J connectivity index is 0.000000461. The fraction of sp³-hybridized carbons (Fsp3) is 0.400. The summed E-state index contributed by atoms with van der Waals surface area (Å²) in [5.41, 5.74) is 1.19. The van der Waals surface area contributed by atoms with Gasteiger partial charge in [0.15, 0.2) is 0 Å². The number of allylic oxidation sites excluding steroid dienone is 1. The fourth-order valence-electron chi connectivity index (χ4n) is 0.707. The van der Waals surface area contributed by atoms with Gasteiger partial charge in [0.05, 0.1) is 6.26 Å². The van der Waals surface area contributed by atoms with Crippen molar-refractivity contribution in [2.24, 2.45) is 0 Å². The van der Waals surface area contributed by atoms with Crippen LogP contribution in [0.25, 0.3) is 6.08 Å². The molecule has 0 atom stereocenters. The van der Waals surface area contributed by atoms with Crippen LogP contribution in [0.5, 0.6) is 0 Å². The molecular formula is C10H16O. The molecule has 0 aliphatic rings. The van der Waals surface area contributed by atoms with Crippen LogP contribution in [0.3, 0.4) is 0 Å². The molecule has 1 aromatic heterocycles. The maximum Gasteiger partial charge on any atom is 0.129 e. The summed E-state index contributed by atoms with van der Waals surface area (Å²) in [4.78, 5) is 0. The fourth-order valence-corrected chi connectivity index (χ4v) is 0.707. The van der Waals surface area contributed by atoms with Crippen molar-refractivity contribution in [3.05, 3.63) is 29.7 Å². The van der Waals surface area contributed by atoms with Crippen LogP contribution in [0, 0.1) is 6.92 Å². The first-order valence-corrected chi connectivity index (χ1v) is 4.01. The number of hydrogen-bond acceptors (Lipinski definition) is 1. The largest absolute Gasteiger partial charge is 0.465 e. The van der Waals surface area contributed by atoms with Gasteiger partial charge in [-0.1, -0.05) is 19.9 Å². The van der Waals surface area contributed by atoms with E-state index >= 15 is 0 Å². The van der Waals surface area contributed by atoms with Gasteiger partial charge in [-0.15, -0.1) is 0 Å². The van der Waals surface area contributed by atoms with Gasteiger partial charge in [-0.3, -0.25) is 0 Å². The molecule has 1 aromatic rings. The molecule has 1 heteroatoms. The van der Waals surface area contributed by atoms with Crippen molar-refractivity contribution in [3.63, 3.8) is 0 Å². The molecule has 0 bridgehead atoms. The summed E-state index contributed by atoms with van der Waals surface area (Å²) in [5, 5.41) is 0. The smallest absolute Gasteiger partial charge is 0.129 e. The van der Waals surface area contributed by atoms with Crippen LogP contribution < -0.4 is 0 Å². The normalized spacial score (nSPS) is 9.45. The summed E-state index contributed by atoms with van der Waals surface area (Å²) in [7, 11) is 0. The van der Waals surface area contributed by atoms with Crippen molar-refractivity contribution in [3.8, 4) is 0 Å². The summed E-state index contributed by atoms with van der Waals surface area (Å²) < 4.78 is 5.12. The third-order valence-electron chi connectivity index (χ3n) is 1.22. The number of hydrogen-bond donors (Lipinski definition) is 0. The van der Waals surface area contributed by atoms with Crippen molar-refractivity contribution in [2.45, 2.75) is 27.7 Å². The van der Waals surface area contributed by atoms with Crippen molar-refractivity contribution in [1.29, 1.82) is 0 Å². The molecular weight excluding hydrogens is 136 g/mol. The molecule has 0 spiro atoms. The minimum atomic E-state index is 0.956. The summed E-state index contributed by atoms with van der Waals surface area (Å²) >= 11 is 0. The highest BCUT2D eigenvalue weighted by atomic mass is 16.3. The maximum atomic E-state index is 5.12. The molecule has 0 unspecified atom stereocenters. The third kappa shape index (κ3) is 3.08. The van der Waals surface area contributed by atoms with Crippen molar-refractivity contribution >= 4 is 6.08 Å². The predicted molar refractivity (Wildman–Crippen MR) is 49.5 cm³/mol. The van der Waals surface area contributed by atoms with Gasteiger partial charge in [0, 0.05) is 0 Å². The van der Waals surface area contributed by atoms with E-state index in [4.69, 9.17) is 4.42 Å². The zero-order valence-corrected chi connectivity index (χ0v) is 7.72. The lowest BCUT2D eigenvalue weighted by Gasteiger charge is -1.83. The van der Waals surface area contributed by atoms with Gasteiger partial charge in [0.2, 0.25) is 0 Å². The summed E-state index contributed by atoms with van der Waals surface area (Å²) in [6, 6.07) is 1.95. The highest BCUT2D eigenvalue weighted by molar-refractivity contribution is 5.46. The lowest BCUT2D eigenvalue weighted by atomic mass is 10.3. The van der Waals surface area contributed by atoms with Crippen molar-refractivity contribution in [2.75, 3.05) is 0 Å². The molecule has 1 rings (SSSR count). The molecule has 0 aliphatic heterocycles. The van der Waals surface area contributed by atoms with Crippen LogP contribution in [-0.4, -0.2) is 0 Å². The van der Waals surface area contributed by atoms with Gasteiger partial charge in [0.1, 0.15) is 5.76 Å². The van der Waals surface area contributed by atoms with E-state index in [1.165, 1.54) is 5.56 Å². The van der Waals surface area contributed by atoms with E-state index in [0.717, 1.165) is 5.76 Å². The lowest BCUT2D eigenvalue weighted by Crippen LogP contribution is -1.66. The maximum absolute atomic E-state index is 5.12. The first-order valence-electron chi connectivity index (χ1n) is 4.01. The Bertz CT molecular complexity index is 208. The zero-order chi connectivity index (χ0) is 8.69. The molecule has 1 nitrogen and oxygen atoms in total. The van der Waals surface area contributed by atoms with E-state index in [0.29, 0.717) is 0 Å². The van der Waals surface area contributed by atoms with Crippen LogP contribution in [0.15, 0.2) is 22.8 Å². The summed E-state index contributed by atoms with van der Waals surface area (Å²) in [5.74, 6) is 0.956. The molecule has 0 aromatic carbocycles. The van der Waals surface area contributed by atoms with E-state index in [2.05, 4.69) is 0 Å². The van der Waals surface area contributed by atoms with Crippen molar-refractivity contribution < 1.29 is 4.42 Å². The summed E-state index contributed by atoms with van der Waals surface area (Å²) in [6.07, 6.45) is 5.62. The van der Waals surface area contributed by atoms with E-state index in [1.807, 2.05) is 45.9 Å². The van der Waals surface area contributed by atoms with Crippen LogP contribution in [0.1, 0.15) is 32.1 Å². The van der Waals surface area contributed by atoms with Crippen LogP contribution in [0.4, 0.5) is 0 Å². The minimum Gasteiger partial charge on any atom is -0.465 e. The average Bonchev–Trinajstić information content (AvgIpc) is 2.42. The highest BCUT2D eigenvalue weighted by Gasteiger charge is 1.92. The monoisotopic (exact) mass is 152 g/mol. The van der Waals surface area contributed by atoms with Crippen LogP contribution >= 0.6 is 0 Å². The Morgan fingerprint density at radius 3 is 2.36 bits per heavy atom. The SMILES string of the molecule is C/C=C\c1occc1C.CC. The van der Waals surface area contributed by atoms with Gasteiger partial charge in [-0.2, -0.15) is 0 Å². The van der Waals surface area contributed by atoms with E-state index in [-0.39, 0.29) is 0 Å². The predicted octanol–water partition coefficient (Wildman–Crippen LogP) is 3.65. The number of furan rings is 1. The van der Waals surface area contributed by atoms with Gasteiger partial charge < -0.3 is 4.42 Å². The van der Waals surface area contributed by atoms with Crippen LogP contribution in [0.2, 0.25) is 0 Å². The van der Waals surface area contributed by atoms with Crippen LogP contribution in [-0.2, 0) is 0 Å². The van der Waals surface area contributed by atoms with E-state index in [9.17, 15) is 0 Å². The number of rotatable bonds is 1. The molecule has 0 amide bonds. The Labute approximate surface area is 68.7 Å².